The number of nitrogens with zero attached hydrogens (tertiary/aromatic N) is 2. The van der Waals surface area contributed by atoms with E-state index >= 15 is 0 Å². The minimum Gasteiger partial charge on any atom is -0.309 e. The first-order valence-electron chi connectivity index (χ1n) is 17.6. The lowest BCUT2D eigenvalue weighted by Gasteiger charge is -2.11. The van der Waals surface area contributed by atoms with Crippen molar-refractivity contribution in [1.29, 1.82) is 0 Å². The van der Waals surface area contributed by atoms with E-state index in [9.17, 15) is 0 Å². The van der Waals surface area contributed by atoms with E-state index in [1.807, 2.05) is 18.2 Å². The van der Waals surface area contributed by atoms with Gasteiger partial charge in [-0.2, -0.15) is 0 Å². The lowest BCUT2D eigenvalue weighted by molar-refractivity contribution is 1.18. The Bertz CT molecular complexity index is 2880. The fourth-order valence-corrected chi connectivity index (χ4v) is 7.66. The molecule has 0 aliphatic rings. The summed E-state index contributed by atoms with van der Waals surface area (Å²) in [6, 6.07) is 67.5. The van der Waals surface area contributed by atoms with E-state index in [0.29, 0.717) is 6.04 Å². The molecule has 0 fully saturated rings. The average molecular weight is 638 g/mol. The molecule has 10 aromatic rings. The molecule has 10 rings (SSSR count). The lowest BCUT2D eigenvalue weighted by atomic mass is 10.0. The first-order chi connectivity index (χ1) is 25.2. The number of para-hydroxylation sites is 2. The third-order valence-electron chi connectivity index (χ3n) is 10.1. The van der Waals surface area contributed by atoms with Crippen molar-refractivity contribution in [3.05, 3.63) is 194 Å². The van der Waals surface area contributed by atoms with Gasteiger partial charge >= 0.3 is 0 Å². The molecule has 0 amide bonds. The molecule has 0 aliphatic carbocycles. The van der Waals surface area contributed by atoms with Crippen LogP contribution in [0, 0.1) is 0 Å². The summed E-state index contributed by atoms with van der Waals surface area (Å²) in [7, 11) is 0. The normalized spacial score (nSPS) is 11.9. The van der Waals surface area contributed by atoms with Gasteiger partial charge in [0.1, 0.15) is 0 Å². The van der Waals surface area contributed by atoms with E-state index in [4.69, 9.17) is 1.37 Å². The topological polar surface area (TPSA) is 9.86 Å². The van der Waals surface area contributed by atoms with Crippen LogP contribution in [0.2, 0.25) is 0 Å². The van der Waals surface area contributed by atoms with Crippen LogP contribution in [0.25, 0.3) is 88.4 Å². The molecule has 2 aromatic heterocycles. The zero-order chi connectivity index (χ0) is 33.9. The highest BCUT2D eigenvalue weighted by Crippen LogP contribution is 2.38. The maximum atomic E-state index is 8.49. The molecule has 0 aliphatic heterocycles. The maximum absolute atomic E-state index is 8.49. The van der Waals surface area contributed by atoms with E-state index in [1.54, 1.807) is 0 Å². The Labute approximate surface area is 292 Å². The van der Waals surface area contributed by atoms with Crippen molar-refractivity contribution in [2.24, 2.45) is 0 Å². The van der Waals surface area contributed by atoms with Crippen molar-refractivity contribution >= 4 is 43.6 Å². The third-order valence-corrected chi connectivity index (χ3v) is 10.1. The molecule has 8 aromatic carbocycles. The molecular formula is C48H32N2. The Morgan fingerprint density at radius 2 is 0.660 bits per heavy atom. The average Bonchev–Trinajstić information content (AvgIpc) is 3.70. The van der Waals surface area contributed by atoms with Crippen LogP contribution in [0.1, 0.15) is 1.37 Å². The summed E-state index contributed by atoms with van der Waals surface area (Å²) >= 11 is 0. The predicted octanol–water partition coefficient (Wildman–Crippen LogP) is 12.9. The van der Waals surface area contributed by atoms with Crippen LogP contribution in [-0.2, 0) is 0 Å². The van der Waals surface area contributed by atoms with Crippen LogP contribution >= 0.6 is 0 Å². The summed E-state index contributed by atoms with van der Waals surface area (Å²) in [6.45, 7) is 0. The molecule has 0 N–H and O–H groups in total. The van der Waals surface area contributed by atoms with Crippen LogP contribution in [-0.4, -0.2) is 9.13 Å². The number of aromatic nitrogens is 2. The van der Waals surface area contributed by atoms with Crippen LogP contribution in [0.3, 0.4) is 0 Å². The van der Waals surface area contributed by atoms with Crippen molar-refractivity contribution in [3.63, 3.8) is 0 Å². The van der Waals surface area contributed by atoms with E-state index in [1.165, 1.54) is 49.6 Å². The molecule has 0 saturated heterocycles. The van der Waals surface area contributed by atoms with Gasteiger partial charge in [0.15, 0.2) is 0 Å². The van der Waals surface area contributed by atoms with Crippen LogP contribution in [0.4, 0.5) is 0 Å². The van der Waals surface area contributed by atoms with Gasteiger partial charge in [-0.05, 0) is 94.0 Å². The van der Waals surface area contributed by atoms with Gasteiger partial charge in [0.25, 0.3) is 0 Å². The van der Waals surface area contributed by atoms with Crippen molar-refractivity contribution < 1.29 is 1.37 Å². The molecular weight excluding hydrogens is 605 g/mol. The highest BCUT2D eigenvalue weighted by atomic mass is 15.0. The summed E-state index contributed by atoms with van der Waals surface area (Å²) < 4.78 is 13.2. The monoisotopic (exact) mass is 637 g/mol. The first-order valence-corrected chi connectivity index (χ1v) is 17.1. The minimum absolute atomic E-state index is 0.511. The summed E-state index contributed by atoms with van der Waals surface area (Å²) in [5.41, 5.74) is 14.0. The van der Waals surface area contributed by atoms with E-state index in [0.717, 1.165) is 38.7 Å². The largest absolute Gasteiger partial charge is 0.309 e. The van der Waals surface area contributed by atoms with Gasteiger partial charge in [0, 0.05) is 32.9 Å². The first kappa shape index (κ1) is 27.3. The number of hydrogen-bond donors (Lipinski definition) is 0. The van der Waals surface area contributed by atoms with E-state index in [2.05, 4.69) is 179 Å². The van der Waals surface area contributed by atoms with Crippen molar-refractivity contribution in [2.45, 2.75) is 0 Å². The molecule has 0 radical (unpaired) electrons. The number of benzene rings is 8. The molecule has 0 spiro atoms. The molecule has 2 heterocycles. The van der Waals surface area contributed by atoms with Gasteiger partial charge < -0.3 is 9.13 Å². The van der Waals surface area contributed by atoms with E-state index in [-0.39, 0.29) is 0 Å². The fourth-order valence-electron chi connectivity index (χ4n) is 7.66. The molecule has 2 nitrogen and oxygen atoms in total. The van der Waals surface area contributed by atoms with Crippen molar-refractivity contribution in [3.8, 4) is 44.8 Å². The van der Waals surface area contributed by atoms with Gasteiger partial charge in [-0.3, -0.25) is 0 Å². The van der Waals surface area contributed by atoms with E-state index < -0.39 is 0 Å². The van der Waals surface area contributed by atoms with Crippen LogP contribution in [0.5, 0.6) is 0 Å². The number of fused-ring (bicyclic) bond motifs is 6. The number of hydrogen-bond acceptors (Lipinski definition) is 0. The standard InChI is InChI=1S/C48H32N2/c1-3-11-33(12-4-1)35-19-25-39(26-20-35)49-45-17-9-7-15-41(45)43-31-37(23-29-47(43)49)38-24-30-48-44(32-38)42-16-8-10-18-46(42)50(48)40-27-21-36(22-28-40)34-13-5-2-6-14-34/h1-32H/i7D. The lowest BCUT2D eigenvalue weighted by Crippen LogP contribution is -1.94. The zero-order valence-electron chi connectivity index (χ0n) is 28.3. The van der Waals surface area contributed by atoms with Gasteiger partial charge in [-0.15, -0.1) is 0 Å². The second kappa shape index (κ2) is 11.5. The van der Waals surface area contributed by atoms with Crippen LogP contribution < -0.4 is 0 Å². The fraction of sp³-hybridized carbons (Fsp3) is 0. The summed E-state index contributed by atoms with van der Waals surface area (Å²) in [4.78, 5) is 0. The second-order valence-corrected chi connectivity index (χ2v) is 12.9. The van der Waals surface area contributed by atoms with Gasteiger partial charge in [-0.1, -0.05) is 133 Å². The summed E-state index contributed by atoms with van der Waals surface area (Å²) in [6.07, 6.45) is 0. The Morgan fingerprint density at radius 3 is 1.18 bits per heavy atom. The quantitative estimate of drug-likeness (QED) is 0.178. The third kappa shape index (κ3) is 4.57. The molecule has 2 heteroatoms. The Balaban J connectivity index is 1.09. The Hall–Kier alpha value is -6.64. The molecule has 0 bridgehead atoms. The summed E-state index contributed by atoms with van der Waals surface area (Å²) in [5.74, 6) is 0. The zero-order valence-corrected chi connectivity index (χ0v) is 27.3. The smallest absolute Gasteiger partial charge is 0.0623 e. The van der Waals surface area contributed by atoms with Gasteiger partial charge in [0.2, 0.25) is 0 Å². The number of rotatable bonds is 5. The molecule has 0 atom stereocenters. The summed E-state index contributed by atoms with van der Waals surface area (Å²) in [5, 5.41) is 4.69. The molecule has 234 valence electrons. The van der Waals surface area contributed by atoms with Gasteiger partial charge in [0.05, 0.1) is 23.4 Å². The van der Waals surface area contributed by atoms with Gasteiger partial charge in [-0.25, -0.2) is 0 Å². The molecule has 50 heavy (non-hydrogen) atoms. The highest BCUT2D eigenvalue weighted by Gasteiger charge is 2.16. The molecule has 0 saturated carbocycles. The Morgan fingerprint density at radius 1 is 0.280 bits per heavy atom. The minimum atomic E-state index is 0.511. The highest BCUT2D eigenvalue weighted by molar-refractivity contribution is 6.12. The van der Waals surface area contributed by atoms with Crippen molar-refractivity contribution in [2.75, 3.05) is 0 Å². The SMILES string of the molecule is [2H]c1ccc2c(c1)c1cc(-c3ccc4c(c3)c3ccccc3n4-c3ccc(-c4ccccc4)cc3)ccc1n2-c1ccc(-c2ccccc2)cc1. The predicted molar refractivity (Wildman–Crippen MR) is 211 cm³/mol. The molecule has 0 unspecified atom stereocenters. The van der Waals surface area contributed by atoms with Crippen molar-refractivity contribution in [1.82, 2.24) is 9.13 Å². The maximum Gasteiger partial charge on any atom is 0.0623 e. The second-order valence-electron chi connectivity index (χ2n) is 12.9. The van der Waals surface area contributed by atoms with Crippen LogP contribution in [0.15, 0.2) is 194 Å². The Kier molecular flexibility index (Phi) is 6.29.